The van der Waals surface area contributed by atoms with Crippen LogP contribution in [0.2, 0.25) is 0 Å². The Morgan fingerprint density at radius 1 is 1.11 bits per heavy atom. The number of sulfonamides is 1. The highest BCUT2D eigenvalue weighted by atomic mass is 127. The van der Waals surface area contributed by atoms with Gasteiger partial charge in [0.05, 0.1) is 4.90 Å². The highest BCUT2D eigenvalue weighted by molar-refractivity contribution is 14.1. The summed E-state index contributed by atoms with van der Waals surface area (Å²) in [6.07, 6.45) is 1.80. The van der Waals surface area contributed by atoms with Gasteiger partial charge in [-0.25, -0.2) is 13.4 Å². The minimum absolute atomic E-state index is 0.114. The predicted octanol–water partition coefficient (Wildman–Crippen LogP) is 3.28. The maximum absolute atomic E-state index is 12.7. The summed E-state index contributed by atoms with van der Waals surface area (Å²) in [5.41, 5.74) is 0.849. The molecular formula is C18H16IN3O3S2. The van der Waals surface area contributed by atoms with Gasteiger partial charge in [0.25, 0.3) is 0 Å². The van der Waals surface area contributed by atoms with Gasteiger partial charge in [-0.1, -0.05) is 30.3 Å². The van der Waals surface area contributed by atoms with Gasteiger partial charge >= 0.3 is 0 Å². The van der Waals surface area contributed by atoms with Gasteiger partial charge < -0.3 is 5.32 Å². The van der Waals surface area contributed by atoms with E-state index in [-0.39, 0.29) is 11.3 Å². The van der Waals surface area contributed by atoms with E-state index in [2.05, 4.69) is 37.6 Å². The van der Waals surface area contributed by atoms with Crippen LogP contribution in [-0.2, 0) is 21.2 Å². The van der Waals surface area contributed by atoms with Gasteiger partial charge in [0, 0.05) is 15.1 Å². The number of rotatable bonds is 7. The largest absolute Gasteiger partial charge is 0.301 e. The van der Waals surface area contributed by atoms with Crippen molar-refractivity contribution in [2.45, 2.75) is 17.4 Å². The van der Waals surface area contributed by atoms with Gasteiger partial charge in [-0.05, 0) is 58.8 Å². The fraction of sp³-hybridized carbons (Fsp3) is 0.111. The first kappa shape index (κ1) is 19.9. The third-order valence-electron chi connectivity index (χ3n) is 3.68. The zero-order valence-electron chi connectivity index (χ0n) is 14.0. The molecule has 140 valence electrons. The number of carbonyl (C=O) groups excluding carboxylic acids is 1. The number of hydrogen-bond donors (Lipinski definition) is 2. The van der Waals surface area contributed by atoms with Crippen LogP contribution in [0.3, 0.4) is 0 Å². The van der Waals surface area contributed by atoms with Crippen molar-refractivity contribution in [2.75, 3.05) is 5.32 Å². The molecule has 2 aromatic carbocycles. The van der Waals surface area contributed by atoms with Gasteiger partial charge in [0.1, 0.15) is 6.04 Å². The molecule has 0 aliphatic heterocycles. The standard InChI is InChI=1S/C18H16IN3O3S2/c19-14-6-8-15(9-7-14)27(24,25)22-16(12-13-4-2-1-3-5-13)17(23)21-18-20-10-11-26-18/h1-11,16,22H,12H2,(H,20,21,23)/t16-/m0/s1. The van der Waals surface area contributed by atoms with Crippen LogP contribution < -0.4 is 10.0 Å². The maximum Gasteiger partial charge on any atom is 0.244 e. The van der Waals surface area contributed by atoms with E-state index in [1.165, 1.54) is 23.5 Å². The van der Waals surface area contributed by atoms with Crippen molar-refractivity contribution >= 4 is 55.0 Å². The van der Waals surface area contributed by atoms with Crippen LogP contribution in [0.25, 0.3) is 0 Å². The van der Waals surface area contributed by atoms with Crippen LogP contribution in [0.4, 0.5) is 5.13 Å². The number of aromatic nitrogens is 1. The highest BCUT2D eigenvalue weighted by Gasteiger charge is 2.26. The van der Waals surface area contributed by atoms with E-state index in [4.69, 9.17) is 0 Å². The van der Waals surface area contributed by atoms with Crippen molar-refractivity contribution < 1.29 is 13.2 Å². The molecule has 0 bridgehead atoms. The lowest BCUT2D eigenvalue weighted by Gasteiger charge is -2.18. The topological polar surface area (TPSA) is 88.2 Å². The summed E-state index contributed by atoms with van der Waals surface area (Å²) in [7, 11) is -3.85. The number of halogens is 1. The average Bonchev–Trinajstić information content (AvgIpc) is 3.15. The molecule has 0 fully saturated rings. The van der Waals surface area contributed by atoms with Crippen LogP contribution in [0.1, 0.15) is 5.56 Å². The normalized spacial score (nSPS) is 12.5. The first-order valence-corrected chi connectivity index (χ1v) is 11.4. The van der Waals surface area contributed by atoms with E-state index in [1.807, 2.05) is 30.3 Å². The molecule has 1 heterocycles. The smallest absolute Gasteiger partial charge is 0.244 e. The molecule has 0 unspecified atom stereocenters. The summed E-state index contributed by atoms with van der Waals surface area (Å²) in [6, 6.07) is 14.7. The summed E-state index contributed by atoms with van der Waals surface area (Å²) < 4.78 is 28.9. The quantitative estimate of drug-likeness (QED) is 0.475. The van der Waals surface area contributed by atoms with Crippen LogP contribution >= 0.6 is 33.9 Å². The Kier molecular flexibility index (Phi) is 6.58. The van der Waals surface area contributed by atoms with E-state index >= 15 is 0 Å². The Labute approximate surface area is 175 Å². The lowest BCUT2D eigenvalue weighted by Crippen LogP contribution is -2.45. The van der Waals surface area contributed by atoms with Gasteiger partial charge in [-0.15, -0.1) is 11.3 Å². The van der Waals surface area contributed by atoms with Crippen LogP contribution in [-0.4, -0.2) is 25.4 Å². The van der Waals surface area contributed by atoms with Crippen molar-refractivity contribution in [1.29, 1.82) is 0 Å². The van der Waals surface area contributed by atoms with E-state index in [1.54, 1.807) is 23.7 Å². The Bertz CT molecular complexity index is 992. The molecule has 3 rings (SSSR count). The molecule has 0 radical (unpaired) electrons. The van der Waals surface area contributed by atoms with Crippen molar-refractivity contribution in [2.24, 2.45) is 0 Å². The second kappa shape index (κ2) is 8.91. The summed E-state index contributed by atoms with van der Waals surface area (Å²) >= 11 is 3.37. The number of amides is 1. The molecule has 0 spiro atoms. The lowest BCUT2D eigenvalue weighted by molar-refractivity contribution is -0.117. The van der Waals surface area contributed by atoms with Crippen LogP contribution in [0.15, 0.2) is 71.1 Å². The molecule has 9 heteroatoms. The molecule has 6 nitrogen and oxygen atoms in total. The summed E-state index contributed by atoms with van der Waals surface area (Å²) in [5, 5.41) is 4.82. The number of thiazole rings is 1. The fourth-order valence-corrected chi connectivity index (χ4v) is 4.47. The number of hydrogen-bond acceptors (Lipinski definition) is 5. The highest BCUT2D eigenvalue weighted by Crippen LogP contribution is 2.16. The molecule has 2 N–H and O–H groups in total. The second-order valence-corrected chi connectivity index (χ2v) is 9.50. The molecule has 0 aliphatic carbocycles. The summed E-state index contributed by atoms with van der Waals surface area (Å²) in [4.78, 5) is 16.8. The monoisotopic (exact) mass is 513 g/mol. The van der Waals surface area contributed by atoms with E-state index in [0.717, 1.165) is 9.13 Å². The summed E-state index contributed by atoms with van der Waals surface area (Å²) in [5.74, 6) is -0.456. The third kappa shape index (κ3) is 5.58. The minimum atomic E-state index is -3.85. The number of nitrogens with one attached hydrogen (secondary N) is 2. The number of carbonyl (C=O) groups is 1. The van der Waals surface area contributed by atoms with E-state index in [0.29, 0.717) is 5.13 Å². The van der Waals surface area contributed by atoms with Crippen LogP contribution in [0, 0.1) is 3.57 Å². The molecule has 27 heavy (non-hydrogen) atoms. The molecule has 0 saturated heterocycles. The third-order valence-corrected chi connectivity index (χ3v) is 6.58. The molecule has 1 atom stereocenters. The molecule has 1 aromatic heterocycles. The molecule has 0 saturated carbocycles. The lowest BCUT2D eigenvalue weighted by atomic mass is 10.1. The van der Waals surface area contributed by atoms with Gasteiger partial charge in [-0.2, -0.15) is 4.72 Å². The van der Waals surface area contributed by atoms with Gasteiger partial charge in [0.2, 0.25) is 15.9 Å². The molecule has 3 aromatic rings. The van der Waals surface area contributed by atoms with Gasteiger partial charge in [-0.3, -0.25) is 4.79 Å². The Morgan fingerprint density at radius 2 is 1.81 bits per heavy atom. The van der Waals surface area contributed by atoms with Crippen molar-refractivity contribution in [3.63, 3.8) is 0 Å². The van der Waals surface area contributed by atoms with Gasteiger partial charge in [0.15, 0.2) is 5.13 Å². The van der Waals surface area contributed by atoms with E-state index in [9.17, 15) is 13.2 Å². The average molecular weight is 513 g/mol. The van der Waals surface area contributed by atoms with Crippen molar-refractivity contribution in [1.82, 2.24) is 9.71 Å². The fourth-order valence-electron chi connectivity index (χ4n) is 2.38. The molecular weight excluding hydrogens is 497 g/mol. The zero-order chi connectivity index (χ0) is 19.3. The Balaban J connectivity index is 1.84. The van der Waals surface area contributed by atoms with Crippen molar-refractivity contribution in [3.05, 3.63) is 75.3 Å². The second-order valence-electron chi connectivity index (χ2n) is 5.64. The first-order chi connectivity index (χ1) is 12.9. The SMILES string of the molecule is O=C(Nc1nccs1)[C@H](Cc1ccccc1)NS(=O)(=O)c1ccc(I)cc1. The number of benzene rings is 2. The van der Waals surface area contributed by atoms with Crippen molar-refractivity contribution in [3.8, 4) is 0 Å². The number of anilines is 1. The molecule has 0 aliphatic rings. The molecule has 1 amide bonds. The summed E-state index contributed by atoms with van der Waals surface area (Å²) in [6.45, 7) is 0. The Hall–Kier alpha value is -1.82. The van der Waals surface area contributed by atoms with Crippen LogP contribution in [0.5, 0.6) is 0 Å². The number of nitrogens with zero attached hydrogens (tertiary/aromatic N) is 1. The maximum atomic E-state index is 12.7. The Morgan fingerprint density at radius 3 is 2.44 bits per heavy atom. The first-order valence-electron chi connectivity index (χ1n) is 7.96. The van der Waals surface area contributed by atoms with E-state index < -0.39 is 22.0 Å². The predicted molar refractivity (Wildman–Crippen MR) is 114 cm³/mol. The minimum Gasteiger partial charge on any atom is -0.301 e. The zero-order valence-corrected chi connectivity index (χ0v) is 17.8.